The van der Waals surface area contributed by atoms with E-state index in [0.717, 1.165) is 63.7 Å². The van der Waals surface area contributed by atoms with E-state index in [0.29, 0.717) is 30.8 Å². The summed E-state index contributed by atoms with van der Waals surface area (Å²) in [5, 5.41) is 35.9. The quantitative estimate of drug-likeness (QED) is 0.172. The Morgan fingerprint density at radius 2 is 1.53 bits per heavy atom. The molecular formula is C52H80O6. The minimum absolute atomic E-state index is 0.0558. The predicted molar refractivity (Wildman–Crippen MR) is 229 cm³/mol. The molecule has 0 aromatic heterocycles. The van der Waals surface area contributed by atoms with Gasteiger partial charge >= 0.3 is 5.97 Å². The number of fused-ring (bicyclic) bond motifs is 5. The topological polar surface area (TPSA) is 96.2 Å². The second-order valence-electron chi connectivity index (χ2n) is 23.5. The van der Waals surface area contributed by atoms with Crippen LogP contribution < -0.4 is 0 Å². The molecule has 0 radical (unpaired) electrons. The van der Waals surface area contributed by atoms with Gasteiger partial charge in [0.05, 0.1) is 24.7 Å². The maximum atomic E-state index is 13.2. The Kier molecular flexibility index (Phi) is 10.5. The summed E-state index contributed by atoms with van der Waals surface area (Å²) in [5.74, 6) is 0.642. The molecule has 6 heteroatoms. The van der Waals surface area contributed by atoms with Crippen molar-refractivity contribution in [3.05, 3.63) is 35.4 Å². The van der Waals surface area contributed by atoms with Gasteiger partial charge in [-0.05, 0) is 153 Å². The average molecular weight is 801 g/mol. The van der Waals surface area contributed by atoms with Crippen LogP contribution in [0.4, 0.5) is 0 Å². The molecule has 9 rings (SSSR count). The van der Waals surface area contributed by atoms with E-state index in [1.807, 2.05) is 0 Å². The van der Waals surface area contributed by atoms with E-state index in [1.165, 1.54) is 88.2 Å². The highest BCUT2D eigenvalue weighted by atomic mass is 16.6. The molecule has 1 aromatic carbocycles. The van der Waals surface area contributed by atoms with Crippen molar-refractivity contribution in [2.24, 2.45) is 73.4 Å². The molecule has 0 amide bonds. The number of aliphatic hydroxyl groups excluding tert-OH is 1. The first-order valence-corrected chi connectivity index (χ1v) is 24.4. The van der Waals surface area contributed by atoms with Gasteiger partial charge in [0.2, 0.25) is 0 Å². The van der Waals surface area contributed by atoms with Gasteiger partial charge in [0, 0.05) is 30.3 Å². The molecule has 8 fully saturated rings. The number of aliphatic carboxylic acids is 1. The summed E-state index contributed by atoms with van der Waals surface area (Å²) in [6, 6.07) is 9.00. The first kappa shape index (κ1) is 41.9. The van der Waals surface area contributed by atoms with Crippen LogP contribution in [-0.2, 0) is 27.1 Å². The van der Waals surface area contributed by atoms with Crippen LogP contribution in [0, 0.1) is 73.4 Å². The van der Waals surface area contributed by atoms with Crippen LogP contribution in [0.1, 0.15) is 174 Å². The highest BCUT2D eigenvalue weighted by Gasteiger charge is 2.85. The molecule has 6 nitrogen and oxygen atoms in total. The van der Waals surface area contributed by atoms with E-state index in [1.54, 1.807) is 7.11 Å². The van der Waals surface area contributed by atoms with Gasteiger partial charge < -0.3 is 24.8 Å². The number of benzene rings is 1. The molecule has 2 bridgehead atoms. The number of ether oxygens (including phenoxy) is 2. The van der Waals surface area contributed by atoms with Crippen LogP contribution in [0.3, 0.4) is 0 Å². The molecule has 1 aliphatic heterocycles. The number of hydrogen-bond acceptors (Lipinski definition) is 5. The minimum atomic E-state index is -1.17. The lowest BCUT2D eigenvalue weighted by Crippen LogP contribution is -2.79. The van der Waals surface area contributed by atoms with Gasteiger partial charge in [0.15, 0.2) is 5.79 Å². The molecule has 14 atom stereocenters. The first-order chi connectivity index (χ1) is 27.6. The van der Waals surface area contributed by atoms with Crippen LogP contribution in [-0.4, -0.2) is 53.5 Å². The van der Waals surface area contributed by atoms with Gasteiger partial charge in [0.25, 0.3) is 0 Å². The molecule has 1 spiro atoms. The number of methoxy groups -OCH3 is 1. The number of aliphatic hydroxyl groups is 2. The molecule has 324 valence electrons. The summed E-state index contributed by atoms with van der Waals surface area (Å²) in [6.07, 6.45) is 24.8. The molecule has 3 N–H and O–H groups in total. The smallest absolute Gasteiger partial charge is 0.309 e. The SMILES string of the molecule is COCCc1ccc(CC2OC3(O)CC4CCC5CC6(CCCCCC7CCCC7)C7CC(C)(C(=O)O)CCC7(C)CCC6(C)C6CCC2(C3C)C4(CO)C56C)cc1. The summed E-state index contributed by atoms with van der Waals surface area (Å²) in [5.41, 5.74) is 1.39. The van der Waals surface area contributed by atoms with Crippen molar-refractivity contribution in [2.45, 2.75) is 188 Å². The molecule has 7 aliphatic carbocycles. The van der Waals surface area contributed by atoms with Crippen molar-refractivity contribution in [3.8, 4) is 0 Å². The zero-order chi connectivity index (χ0) is 41.0. The summed E-state index contributed by atoms with van der Waals surface area (Å²) in [6.45, 7) is 13.2. The molecular weight excluding hydrogens is 721 g/mol. The number of carboxylic acid groups (broad SMARTS) is 1. The number of rotatable bonds is 13. The normalized spacial score (nSPS) is 49.2. The highest BCUT2D eigenvalue weighted by Crippen LogP contribution is 2.87. The standard InChI is InChI=1S/C52H80O6/c1-35-50-24-21-41-47(4)28-27-45(2)25-26-46(3,44(54)55)33-42(45)49(47,23-11-7-8-12-36-13-9-10-14-36)31-39-19-20-40(51(50,34-53)48(39,41)5)32-52(35,56)58-43(50)30-38-17-15-37(16-18-38)22-29-57-6/h15-18,35-36,39-43,53,56H,7-14,19-34H2,1-6H3,(H,54,55). The molecule has 1 saturated heterocycles. The van der Waals surface area contributed by atoms with E-state index in [2.05, 4.69) is 58.9 Å². The zero-order valence-corrected chi connectivity index (χ0v) is 37.4. The van der Waals surface area contributed by atoms with Gasteiger partial charge in [0.1, 0.15) is 0 Å². The fourth-order valence-electron chi connectivity index (χ4n) is 18.7. The summed E-state index contributed by atoms with van der Waals surface area (Å²) < 4.78 is 12.5. The molecule has 1 aromatic rings. The number of carboxylic acids is 1. The summed E-state index contributed by atoms with van der Waals surface area (Å²) in [4.78, 5) is 13.2. The molecule has 14 unspecified atom stereocenters. The van der Waals surface area contributed by atoms with Gasteiger partial charge in [-0.25, -0.2) is 0 Å². The van der Waals surface area contributed by atoms with Crippen LogP contribution in [0.15, 0.2) is 24.3 Å². The summed E-state index contributed by atoms with van der Waals surface area (Å²) in [7, 11) is 1.76. The van der Waals surface area contributed by atoms with Crippen molar-refractivity contribution in [1.29, 1.82) is 0 Å². The lowest BCUT2D eigenvalue weighted by Gasteiger charge is -2.82. The molecule has 58 heavy (non-hydrogen) atoms. The van der Waals surface area contributed by atoms with Crippen LogP contribution in [0.25, 0.3) is 0 Å². The van der Waals surface area contributed by atoms with Crippen LogP contribution in [0.5, 0.6) is 0 Å². The Bertz CT molecular complexity index is 1690. The van der Waals surface area contributed by atoms with Gasteiger partial charge in [-0.3, -0.25) is 4.79 Å². The van der Waals surface area contributed by atoms with E-state index in [9.17, 15) is 20.1 Å². The van der Waals surface area contributed by atoms with Crippen molar-refractivity contribution in [1.82, 2.24) is 0 Å². The maximum Gasteiger partial charge on any atom is 0.309 e. The average Bonchev–Trinajstić information content (AvgIpc) is 3.76. The maximum absolute atomic E-state index is 13.2. The first-order valence-electron chi connectivity index (χ1n) is 24.4. The lowest BCUT2D eigenvalue weighted by atomic mass is 9.22. The second-order valence-corrected chi connectivity index (χ2v) is 23.5. The molecule has 1 heterocycles. The monoisotopic (exact) mass is 801 g/mol. The molecule has 8 aliphatic rings. The highest BCUT2D eigenvalue weighted by molar-refractivity contribution is 5.74. The third-order valence-corrected chi connectivity index (χ3v) is 21.8. The zero-order valence-electron chi connectivity index (χ0n) is 37.4. The molecule has 7 saturated carbocycles. The van der Waals surface area contributed by atoms with Crippen molar-refractivity contribution >= 4 is 5.97 Å². The van der Waals surface area contributed by atoms with Gasteiger partial charge in [-0.2, -0.15) is 0 Å². The van der Waals surface area contributed by atoms with Crippen molar-refractivity contribution in [2.75, 3.05) is 20.3 Å². The van der Waals surface area contributed by atoms with E-state index < -0.39 is 17.2 Å². The Balaban J connectivity index is 1.11. The largest absolute Gasteiger partial charge is 0.481 e. The Morgan fingerprint density at radius 3 is 2.24 bits per heavy atom. The van der Waals surface area contributed by atoms with Gasteiger partial charge in [-0.15, -0.1) is 0 Å². The fourth-order valence-corrected chi connectivity index (χ4v) is 18.7. The van der Waals surface area contributed by atoms with Crippen molar-refractivity contribution in [3.63, 3.8) is 0 Å². The van der Waals surface area contributed by atoms with E-state index >= 15 is 0 Å². The second kappa shape index (κ2) is 14.5. The predicted octanol–water partition coefficient (Wildman–Crippen LogP) is 11.2. The van der Waals surface area contributed by atoms with Gasteiger partial charge in [-0.1, -0.05) is 103 Å². The third kappa shape index (κ3) is 5.57. The minimum Gasteiger partial charge on any atom is -0.481 e. The number of unbranched alkanes of at least 4 members (excludes halogenated alkanes) is 2. The third-order valence-electron chi connectivity index (χ3n) is 21.8. The Morgan fingerprint density at radius 1 is 0.828 bits per heavy atom. The van der Waals surface area contributed by atoms with E-state index in [-0.39, 0.29) is 57.0 Å². The van der Waals surface area contributed by atoms with Crippen LogP contribution >= 0.6 is 0 Å². The number of carbonyl (C=O) groups is 1. The van der Waals surface area contributed by atoms with Crippen molar-refractivity contribution < 1.29 is 29.6 Å². The fraction of sp³-hybridized carbons (Fsp3) is 0.865. The summed E-state index contributed by atoms with van der Waals surface area (Å²) >= 11 is 0. The van der Waals surface area contributed by atoms with E-state index in [4.69, 9.17) is 9.47 Å². The van der Waals surface area contributed by atoms with Crippen LogP contribution in [0.2, 0.25) is 0 Å². The number of hydrogen-bond donors (Lipinski definition) is 3. The Labute approximate surface area is 351 Å². The lowest BCUT2D eigenvalue weighted by molar-refractivity contribution is -0.358. The Hall–Kier alpha value is -1.47.